The van der Waals surface area contributed by atoms with Crippen LogP contribution in [0, 0.1) is 0 Å². The SMILES string of the molecule is CC(=O)NCCc1nc(Cc2ccccc2)cs1. The molecule has 0 aliphatic carbocycles. The second-order valence-corrected chi connectivity index (χ2v) is 5.07. The zero-order valence-corrected chi connectivity index (χ0v) is 11.2. The lowest BCUT2D eigenvalue weighted by Gasteiger charge is -1.99. The van der Waals surface area contributed by atoms with Crippen molar-refractivity contribution in [3.05, 3.63) is 52.0 Å². The van der Waals surface area contributed by atoms with Crippen molar-refractivity contribution in [1.29, 1.82) is 0 Å². The number of nitrogens with zero attached hydrogens (tertiary/aromatic N) is 1. The third-order valence-electron chi connectivity index (χ3n) is 2.54. The molecule has 0 saturated carbocycles. The summed E-state index contributed by atoms with van der Waals surface area (Å²) >= 11 is 1.66. The minimum absolute atomic E-state index is 0.0102. The Labute approximate surface area is 111 Å². The maximum Gasteiger partial charge on any atom is 0.216 e. The summed E-state index contributed by atoms with van der Waals surface area (Å²) < 4.78 is 0. The lowest BCUT2D eigenvalue weighted by Crippen LogP contribution is -2.22. The van der Waals surface area contributed by atoms with Gasteiger partial charge in [0, 0.05) is 31.7 Å². The lowest BCUT2D eigenvalue weighted by atomic mass is 10.1. The first-order valence-electron chi connectivity index (χ1n) is 5.95. The van der Waals surface area contributed by atoms with E-state index in [2.05, 4.69) is 27.8 Å². The molecule has 0 atom stereocenters. The fourth-order valence-electron chi connectivity index (χ4n) is 1.70. The van der Waals surface area contributed by atoms with Crippen LogP contribution in [0.2, 0.25) is 0 Å². The van der Waals surface area contributed by atoms with Crippen molar-refractivity contribution in [2.24, 2.45) is 0 Å². The van der Waals surface area contributed by atoms with Gasteiger partial charge in [0.15, 0.2) is 0 Å². The van der Waals surface area contributed by atoms with Gasteiger partial charge in [0.05, 0.1) is 10.7 Å². The van der Waals surface area contributed by atoms with Crippen molar-refractivity contribution in [3.8, 4) is 0 Å². The molecule has 1 heterocycles. The van der Waals surface area contributed by atoms with Crippen molar-refractivity contribution >= 4 is 17.2 Å². The van der Waals surface area contributed by atoms with Gasteiger partial charge in [0.1, 0.15) is 0 Å². The number of carbonyl (C=O) groups excluding carboxylic acids is 1. The first kappa shape index (κ1) is 12.8. The van der Waals surface area contributed by atoms with Crippen LogP contribution in [0.3, 0.4) is 0 Å². The Morgan fingerprint density at radius 1 is 1.33 bits per heavy atom. The molecule has 18 heavy (non-hydrogen) atoms. The molecule has 1 N–H and O–H groups in total. The quantitative estimate of drug-likeness (QED) is 0.897. The van der Waals surface area contributed by atoms with Crippen molar-refractivity contribution in [1.82, 2.24) is 10.3 Å². The molecule has 0 radical (unpaired) electrons. The predicted octanol–water partition coefficient (Wildman–Crippen LogP) is 2.41. The van der Waals surface area contributed by atoms with Gasteiger partial charge in [-0.3, -0.25) is 4.79 Å². The fourth-order valence-corrected chi connectivity index (χ4v) is 2.49. The van der Waals surface area contributed by atoms with Crippen molar-refractivity contribution in [2.45, 2.75) is 19.8 Å². The van der Waals surface area contributed by atoms with Crippen LogP contribution in [0.5, 0.6) is 0 Å². The van der Waals surface area contributed by atoms with Gasteiger partial charge in [-0.2, -0.15) is 0 Å². The van der Waals surface area contributed by atoms with E-state index in [1.807, 2.05) is 18.2 Å². The second-order valence-electron chi connectivity index (χ2n) is 4.13. The Kier molecular flexibility index (Phi) is 4.47. The van der Waals surface area contributed by atoms with Gasteiger partial charge in [-0.1, -0.05) is 30.3 Å². The van der Waals surface area contributed by atoms with E-state index >= 15 is 0 Å². The highest BCUT2D eigenvalue weighted by molar-refractivity contribution is 7.09. The van der Waals surface area contributed by atoms with Gasteiger partial charge in [-0.25, -0.2) is 4.98 Å². The molecule has 0 aliphatic rings. The van der Waals surface area contributed by atoms with E-state index in [9.17, 15) is 4.79 Å². The molecular formula is C14H16N2OS. The fraction of sp³-hybridized carbons (Fsp3) is 0.286. The number of aromatic nitrogens is 1. The van der Waals surface area contributed by atoms with Crippen molar-refractivity contribution in [2.75, 3.05) is 6.54 Å². The van der Waals surface area contributed by atoms with E-state index in [4.69, 9.17) is 0 Å². The number of hydrogen-bond donors (Lipinski definition) is 1. The Balaban J connectivity index is 1.88. The number of amides is 1. The zero-order chi connectivity index (χ0) is 12.8. The summed E-state index contributed by atoms with van der Waals surface area (Å²) in [4.78, 5) is 15.3. The molecule has 2 aromatic rings. The molecule has 1 amide bonds. The van der Waals surface area contributed by atoms with Gasteiger partial charge in [-0.05, 0) is 5.56 Å². The molecule has 0 unspecified atom stereocenters. The van der Waals surface area contributed by atoms with E-state index in [1.54, 1.807) is 11.3 Å². The highest BCUT2D eigenvalue weighted by atomic mass is 32.1. The highest BCUT2D eigenvalue weighted by Crippen LogP contribution is 2.14. The molecule has 4 heteroatoms. The molecule has 0 bridgehead atoms. The molecule has 0 aliphatic heterocycles. The topological polar surface area (TPSA) is 42.0 Å². The summed E-state index contributed by atoms with van der Waals surface area (Å²) in [7, 11) is 0. The average molecular weight is 260 g/mol. The zero-order valence-electron chi connectivity index (χ0n) is 10.3. The van der Waals surface area contributed by atoms with Crippen LogP contribution in [-0.4, -0.2) is 17.4 Å². The Morgan fingerprint density at radius 3 is 2.83 bits per heavy atom. The number of hydrogen-bond acceptors (Lipinski definition) is 3. The van der Waals surface area contributed by atoms with Crippen LogP contribution >= 0.6 is 11.3 Å². The molecule has 94 valence electrons. The van der Waals surface area contributed by atoms with Crippen LogP contribution < -0.4 is 5.32 Å². The van der Waals surface area contributed by atoms with Crippen LogP contribution in [0.15, 0.2) is 35.7 Å². The van der Waals surface area contributed by atoms with E-state index in [0.29, 0.717) is 6.54 Å². The monoisotopic (exact) mass is 260 g/mol. The van der Waals surface area contributed by atoms with E-state index in [1.165, 1.54) is 12.5 Å². The summed E-state index contributed by atoms with van der Waals surface area (Å²) in [5.74, 6) is 0.0102. The summed E-state index contributed by atoms with van der Waals surface area (Å²) in [6, 6.07) is 10.3. The maximum atomic E-state index is 10.8. The average Bonchev–Trinajstić information content (AvgIpc) is 2.78. The van der Waals surface area contributed by atoms with Crippen LogP contribution in [0.4, 0.5) is 0 Å². The lowest BCUT2D eigenvalue weighted by molar-refractivity contribution is -0.118. The molecule has 3 nitrogen and oxygen atoms in total. The Bertz CT molecular complexity index is 508. The van der Waals surface area contributed by atoms with Gasteiger partial charge in [0.25, 0.3) is 0 Å². The van der Waals surface area contributed by atoms with E-state index < -0.39 is 0 Å². The number of thiazole rings is 1. The Morgan fingerprint density at radius 2 is 2.11 bits per heavy atom. The predicted molar refractivity (Wildman–Crippen MR) is 73.7 cm³/mol. The van der Waals surface area contributed by atoms with Crippen LogP contribution in [0.1, 0.15) is 23.2 Å². The van der Waals surface area contributed by atoms with E-state index in [-0.39, 0.29) is 5.91 Å². The van der Waals surface area contributed by atoms with Crippen molar-refractivity contribution in [3.63, 3.8) is 0 Å². The minimum atomic E-state index is 0.0102. The number of carbonyl (C=O) groups is 1. The molecule has 0 saturated heterocycles. The molecular weight excluding hydrogens is 244 g/mol. The first-order chi connectivity index (χ1) is 8.74. The summed E-state index contributed by atoms with van der Waals surface area (Å²) in [6.45, 7) is 2.19. The summed E-state index contributed by atoms with van der Waals surface area (Å²) in [5, 5.41) is 5.95. The minimum Gasteiger partial charge on any atom is -0.356 e. The third-order valence-corrected chi connectivity index (χ3v) is 3.50. The van der Waals surface area contributed by atoms with Gasteiger partial charge in [-0.15, -0.1) is 11.3 Å². The van der Waals surface area contributed by atoms with Crippen LogP contribution in [-0.2, 0) is 17.6 Å². The largest absolute Gasteiger partial charge is 0.356 e. The van der Waals surface area contributed by atoms with E-state index in [0.717, 1.165) is 23.5 Å². The molecule has 0 fully saturated rings. The maximum absolute atomic E-state index is 10.8. The molecule has 0 spiro atoms. The highest BCUT2D eigenvalue weighted by Gasteiger charge is 2.03. The second kappa shape index (κ2) is 6.31. The third kappa shape index (κ3) is 3.96. The van der Waals surface area contributed by atoms with Crippen molar-refractivity contribution < 1.29 is 4.79 Å². The molecule has 2 rings (SSSR count). The summed E-state index contributed by atoms with van der Waals surface area (Å²) in [6.07, 6.45) is 1.68. The first-order valence-corrected chi connectivity index (χ1v) is 6.83. The standard InChI is InChI=1S/C14H16N2OS/c1-11(17)15-8-7-14-16-13(10-18-14)9-12-5-3-2-4-6-12/h2-6,10H,7-9H2,1H3,(H,15,17). The number of nitrogens with one attached hydrogen (secondary N) is 1. The normalized spacial score (nSPS) is 10.3. The summed E-state index contributed by atoms with van der Waals surface area (Å²) in [5.41, 5.74) is 2.38. The van der Waals surface area contributed by atoms with Crippen LogP contribution in [0.25, 0.3) is 0 Å². The number of benzene rings is 1. The van der Waals surface area contributed by atoms with Gasteiger partial charge >= 0.3 is 0 Å². The number of rotatable bonds is 5. The smallest absolute Gasteiger partial charge is 0.216 e. The Hall–Kier alpha value is -1.68. The molecule has 1 aromatic carbocycles. The van der Waals surface area contributed by atoms with Gasteiger partial charge in [0.2, 0.25) is 5.91 Å². The molecule has 1 aromatic heterocycles. The van der Waals surface area contributed by atoms with Gasteiger partial charge < -0.3 is 5.32 Å².